The molecule has 0 aliphatic carbocycles. The highest BCUT2D eigenvalue weighted by Gasteiger charge is 2.15. The van der Waals surface area contributed by atoms with E-state index in [1.54, 1.807) is 6.20 Å². The second-order valence-corrected chi connectivity index (χ2v) is 11.2. The standard InChI is InChI=1S/C17H24N2OSi/c1-5-20-17-11-8-15(13-19-17)18-12-14-6-9-16(10-7-14)21(2,3)4/h6-11,13,18H,5,12H2,1-4H3. The summed E-state index contributed by atoms with van der Waals surface area (Å²) in [5, 5.41) is 4.88. The molecule has 1 aromatic heterocycles. The first-order chi connectivity index (χ1) is 9.99. The van der Waals surface area contributed by atoms with E-state index < -0.39 is 8.07 Å². The van der Waals surface area contributed by atoms with E-state index in [4.69, 9.17) is 4.74 Å². The molecule has 3 nitrogen and oxygen atoms in total. The van der Waals surface area contributed by atoms with Gasteiger partial charge in [0.05, 0.1) is 26.6 Å². The Morgan fingerprint density at radius 1 is 1.05 bits per heavy atom. The van der Waals surface area contributed by atoms with Gasteiger partial charge in [-0.2, -0.15) is 0 Å². The van der Waals surface area contributed by atoms with E-state index in [-0.39, 0.29) is 0 Å². The molecule has 0 spiro atoms. The van der Waals surface area contributed by atoms with Gasteiger partial charge in [-0.3, -0.25) is 0 Å². The molecule has 4 heteroatoms. The van der Waals surface area contributed by atoms with E-state index in [0.29, 0.717) is 12.5 Å². The zero-order chi connectivity index (χ0) is 15.3. The lowest BCUT2D eigenvalue weighted by Gasteiger charge is -2.17. The van der Waals surface area contributed by atoms with Crippen molar-refractivity contribution in [1.29, 1.82) is 0 Å². The van der Waals surface area contributed by atoms with Crippen molar-refractivity contribution in [2.75, 3.05) is 11.9 Å². The van der Waals surface area contributed by atoms with Gasteiger partial charge in [-0.15, -0.1) is 0 Å². The Balaban J connectivity index is 1.93. The molecule has 2 rings (SSSR count). The Bertz CT molecular complexity index is 559. The zero-order valence-corrected chi connectivity index (χ0v) is 14.3. The first-order valence-corrected chi connectivity index (χ1v) is 10.9. The van der Waals surface area contributed by atoms with E-state index in [9.17, 15) is 0 Å². The molecule has 2 aromatic rings. The monoisotopic (exact) mass is 300 g/mol. The first-order valence-electron chi connectivity index (χ1n) is 7.41. The summed E-state index contributed by atoms with van der Waals surface area (Å²) < 4.78 is 5.33. The fourth-order valence-electron chi connectivity index (χ4n) is 2.04. The average molecular weight is 300 g/mol. The molecule has 112 valence electrons. The topological polar surface area (TPSA) is 34.1 Å². The van der Waals surface area contributed by atoms with Crippen LogP contribution in [-0.4, -0.2) is 19.7 Å². The second-order valence-electron chi connectivity index (χ2n) is 6.12. The first kappa shape index (κ1) is 15.6. The number of anilines is 1. The zero-order valence-electron chi connectivity index (χ0n) is 13.3. The number of aromatic nitrogens is 1. The maximum absolute atomic E-state index is 5.33. The molecule has 0 aliphatic heterocycles. The molecule has 1 heterocycles. The Morgan fingerprint density at radius 3 is 2.29 bits per heavy atom. The number of benzene rings is 1. The highest BCUT2D eigenvalue weighted by atomic mass is 28.3. The predicted molar refractivity (Wildman–Crippen MR) is 92.2 cm³/mol. The lowest BCUT2D eigenvalue weighted by molar-refractivity contribution is 0.327. The number of nitrogens with one attached hydrogen (secondary N) is 1. The molecule has 1 N–H and O–H groups in total. The van der Waals surface area contributed by atoms with E-state index in [1.807, 2.05) is 19.1 Å². The largest absolute Gasteiger partial charge is 0.478 e. The fourth-order valence-corrected chi connectivity index (χ4v) is 3.21. The van der Waals surface area contributed by atoms with Gasteiger partial charge >= 0.3 is 0 Å². The minimum absolute atomic E-state index is 0.642. The van der Waals surface area contributed by atoms with Gasteiger partial charge < -0.3 is 10.1 Å². The van der Waals surface area contributed by atoms with Crippen molar-refractivity contribution in [3.8, 4) is 5.88 Å². The van der Waals surface area contributed by atoms with Crippen LogP contribution < -0.4 is 15.2 Å². The summed E-state index contributed by atoms with van der Waals surface area (Å²) in [5.74, 6) is 0.669. The van der Waals surface area contributed by atoms with Crippen molar-refractivity contribution in [2.24, 2.45) is 0 Å². The molecule has 0 bridgehead atoms. The van der Waals surface area contributed by atoms with Gasteiger partial charge in [0.25, 0.3) is 0 Å². The molecule has 0 saturated heterocycles. The summed E-state index contributed by atoms with van der Waals surface area (Å²) in [6.07, 6.45) is 1.81. The molecule has 1 aromatic carbocycles. The molecule has 0 unspecified atom stereocenters. The molecule has 0 saturated carbocycles. The van der Waals surface area contributed by atoms with Gasteiger partial charge in [0.15, 0.2) is 0 Å². The molecular weight excluding hydrogens is 276 g/mol. The maximum Gasteiger partial charge on any atom is 0.213 e. The minimum Gasteiger partial charge on any atom is -0.478 e. The van der Waals surface area contributed by atoms with Crippen LogP contribution in [0.2, 0.25) is 19.6 Å². The Kier molecular flexibility index (Phi) is 5.01. The summed E-state index contributed by atoms with van der Waals surface area (Å²) >= 11 is 0. The Morgan fingerprint density at radius 2 is 1.76 bits per heavy atom. The molecule has 0 amide bonds. The van der Waals surface area contributed by atoms with Gasteiger partial charge in [0.1, 0.15) is 0 Å². The van der Waals surface area contributed by atoms with Crippen molar-refractivity contribution < 1.29 is 4.74 Å². The van der Waals surface area contributed by atoms with Crippen LogP contribution in [0.4, 0.5) is 5.69 Å². The number of rotatable bonds is 6. The van der Waals surface area contributed by atoms with Gasteiger partial charge in [-0.25, -0.2) is 4.98 Å². The van der Waals surface area contributed by atoms with Crippen LogP contribution >= 0.6 is 0 Å². The van der Waals surface area contributed by atoms with E-state index in [2.05, 4.69) is 54.2 Å². The van der Waals surface area contributed by atoms with Crippen LogP contribution in [0.3, 0.4) is 0 Å². The van der Waals surface area contributed by atoms with Crippen molar-refractivity contribution in [3.05, 3.63) is 48.2 Å². The third-order valence-electron chi connectivity index (χ3n) is 3.35. The molecule has 21 heavy (non-hydrogen) atoms. The van der Waals surface area contributed by atoms with Crippen LogP contribution in [0.1, 0.15) is 12.5 Å². The minimum atomic E-state index is -1.20. The normalized spacial score (nSPS) is 11.2. The fraction of sp³-hybridized carbons (Fsp3) is 0.353. The van der Waals surface area contributed by atoms with Crippen LogP contribution in [-0.2, 0) is 6.54 Å². The predicted octanol–water partition coefficient (Wildman–Crippen LogP) is 3.64. The molecule has 0 fully saturated rings. The summed E-state index contributed by atoms with van der Waals surface area (Å²) in [6.45, 7) is 10.5. The van der Waals surface area contributed by atoms with Crippen LogP contribution in [0.15, 0.2) is 42.6 Å². The summed E-state index contributed by atoms with van der Waals surface area (Å²) in [5.41, 5.74) is 2.29. The number of hydrogen-bond acceptors (Lipinski definition) is 3. The SMILES string of the molecule is CCOc1ccc(NCc2ccc([Si](C)(C)C)cc2)cn1. The third kappa shape index (κ3) is 4.60. The molecule has 0 radical (unpaired) electrons. The summed E-state index contributed by atoms with van der Waals surface area (Å²) in [4.78, 5) is 4.25. The lowest BCUT2D eigenvalue weighted by atomic mass is 10.2. The quantitative estimate of drug-likeness (QED) is 0.827. The van der Waals surface area contributed by atoms with Crippen molar-refractivity contribution in [2.45, 2.75) is 33.1 Å². The Hall–Kier alpha value is -1.81. The van der Waals surface area contributed by atoms with Crippen LogP contribution in [0, 0.1) is 0 Å². The van der Waals surface area contributed by atoms with Gasteiger partial charge in [0.2, 0.25) is 5.88 Å². The summed E-state index contributed by atoms with van der Waals surface area (Å²) in [7, 11) is -1.20. The number of pyridine rings is 1. The number of nitrogens with zero attached hydrogens (tertiary/aromatic N) is 1. The molecular formula is C17H24N2OSi. The Labute approximate surface area is 128 Å². The smallest absolute Gasteiger partial charge is 0.213 e. The lowest BCUT2D eigenvalue weighted by Crippen LogP contribution is -2.37. The van der Waals surface area contributed by atoms with Crippen molar-refractivity contribution >= 4 is 18.9 Å². The second kappa shape index (κ2) is 6.76. The third-order valence-corrected chi connectivity index (χ3v) is 5.41. The maximum atomic E-state index is 5.33. The van der Waals surface area contributed by atoms with Gasteiger partial charge in [-0.1, -0.05) is 49.1 Å². The van der Waals surface area contributed by atoms with Gasteiger partial charge in [-0.05, 0) is 18.6 Å². The van der Waals surface area contributed by atoms with E-state index in [1.165, 1.54) is 10.8 Å². The average Bonchev–Trinajstić information content (AvgIpc) is 2.46. The number of hydrogen-bond donors (Lipinski definition) is 1. The van der Waals surface area contributed by atoms with Gasteiger partial charge in [0, 0.05) is 12.6 Å². The van der Waals surface area contributed by atoms with E-state index >= 15 is 0 Å². The number of ether oxygens (including phenoxy) is 1. The molecule has 0 atom stereocenters. The van der Waals surface area contributed by atoms with Crippen LogP contribution in [0.25, 0.3) is 0 Å². The summed E-state index contributed by atoms with van der Waals surface area (Å²) in [6, 6.07) is 12.8. The van der Waals surface area contributed by atoms with Crippen molar-refractivity contribution in [1.82, 2.24) is 4.98 Å². The van der Waals surface area contributed by atoms with Crippen LogP contribution in [0.5, 0.6) is 5.88 Å². The molecule has 0 aliphatic rings. The van der Waals surface area contributed by atoms with Crippen molar-refractivity contribution in [3.63, 3.8) is 0 Å². The highest BCUT2D eigenvalue weighted by molar-refractivity contribution is 6.88. The highest BCUT2D eigenvalue weighted by Crippen LogP contribution is 2.13. The van der Waals surface area contributed by atoms with E-state index in [0.717, 1.165) is 12.2 Å².